The summed E-state index contributed by atoms with van der Waals surface area (Å²) in [5.74, 6) is 0. The lowest BCUT2D eigenvalue weighted by Gasteiger charge is -2.35. The van der Waals surface area contributed by atoms with Gasteiger partial charge in [0, 0.05) is 10.8 Å². The van der Waals surface area contributed by atoms with E-state index < -0.39 is 24.4 Å². The summed E-state index contributed by atoms with van der Waals surface area (Å²) >= 11 is 0. The van der Waals surface area contributed by atoms with E-state index in [1.165, 1.54) is 31.1 Å². The van der Waals surface area contributed by atoms with Crippen molar-refractivity contribution in [2.45, 2.75) is 0 Å². The van der Waals surface area contributed by atoms with Gasteiger partial charge in [-0.1, -0.05) is 243 Å². The van der Waals surface area contributed by atoms with Gasteiger partial charge in [-0.2, -0.15) is 0 Å². The van der Waals surface area contributed by atoms with Gasteiger partial charge in [0.2, 0.25) is 0 Å². The third-order valence-electron chi connectivity index (χ3n) is 12.6. The van der Waals surface area contributed by atoms with Crippen LogP contribution in [-0.2, 0) is 0 Å². The molecule has 0 bridgehead atoms. The van der Waals surface area contributed by atoms with Crippen molar-refractivity contribution in [3.05, 3.63) is 243 Å². The number of hydrogen-bond donors (Lipinski definition) is 1. The average Bonchev–Trinajstić information content (AvgIpc) is 3.51. The van der Waals surface area contributed by atoms with E-state index in [-0.39, 0.29) is 0 Å². The Morgan fingerprint density at radius 3 is 0.823 bits per heavy atom. The number of hydrogen-bond acceptors (Lipinski definition) is 3. The summed E-state index contributed by atoms with van der Waals surface area (Å²) < 4.78 is 14.3. The predicted molar refractivity (Wildman–Crippen MR) is 266 cm³/mol. The van der Waals surface area contributed by atoms with Gasteiger partial charge in [-0.05, 0) is 63.0 Å². The van der Waals surface area contributed by atoms with Crippen LogP contribution in [0.3, 0.4) is 0 Å². The molecule has 0 spiro atoms. The minimum atomic E-state index is -3.22. The van der Waals surface area contributed by atoms with E-state index in [0.29, 0.717) is 11.2 Å². The molecule has 0 unspecified atom stereocenters. The summed E-state index contributed by atoms with van der Waals surface area (Å²) in [5.41, 5.74) is 1.32. The Balaban J connectivity index is 1.43. The Kier molecular flexibility index (Phi) is 9.68. The second kappa shape index (κ2) is 15.8. The fraction of sp³-hybridized carbons (Fsp3) is 0. The first-order chi connectivity index (χ1) is 30.7. The molecule has 11 rings (SSSR count). The van der Waals surface area contributed by atoms with Gasteiger partial charge in [0.1, 0.15) is 11.2 Å². The maximum Gasteiger partial charge on any atom is 0.384 e. The van der Waals surface area contributed by atoms with Crippen molar-refractivity contribution in [3.8, 4) is 0 Å². The summed E-state index contributed by atoms with van der Waals surface area (Å²) in [6.07, 6.45) is 0. The van der Waals surface area contributed by atoms with Crippen molar-refractivity contribution < 1.29 is 13.3 Å². The van der Waals surface area contributed by atoms with Crippen molar-refractivity contribution >= 4 is 109 Å². The van der Waals surface area contributed by atoms with Crippen LogP contribution in [0.5, 0.6) is 0 Å². The molecule has 0 aliphatic heterocycles. The lowest BCUT2D eigenvalue weighted by atomic mass is 9.98. The molecule has 62 heavy (non-hydrogen) atoms. The van der Waals surface area contributed by atoms with E-state index in [1.54, 1.807) is 0 Å². The highest BCUT2D eigenvalue weighted by atomic mass is 31.1. The molecule has 0 amide bonds. The highest BCUT2D eigenvalue weighted by Gasteiger charge is 2.46. The van der Waals surface area contributed by atoms with Crippen molar-refractivity contribution in [2.24, 2.45) is 0 Å². The van der Waals surface area contributed by atoms with Gasteiger partial charge >= 0.3 is 8.24 Å². The maximum atomic E-state index is 12.6. The minimum Gasteiger partial charge on any atom is -0.399 e. The summed E-state index contributed by atoms with van der Waals surface area (Å²) in [6, 6.07) is 87.4. The minimum absolute atomic E-state index is 0.660. The molecule has 0 saturated heterocycles. The topological polar surface area (TPSA) is 46.5 Å². The highest BCUT2D eigenvalue weighted by molar-refractivity contribution is 7.30. The van der Waals surface area contributed by atoms with Crippen LogP contribution in [0.1, 0.15) is 0 Å². The second-order valence-electron chi connectivity index (χ2n) is 15.8. The molecule has 296 valence electrons. The van der Waals surface area contributed by atoms with Gasteiger partial charge < -0.3 is 8.39 Å². The first-order valence-corrected chi connectivity index (χ1v) is 26.1. The lowest BCUT2D eigenvalue weighted by Crippen LogP contribution is -2.75. The zero-order valence-electron chi connectivity index (χ0n) is 33.8. The second-order valence-corrected chi connectivity index (χ2v) is 24.2. The Hall–Kier alpha value is -6.99. The smallest absolute Gasteiger partial charge is 0.384 e. The first-order valence-electron chi connectivity index (χ1n) is 21.0. The van der Waals surface area contributed by atoms with Crippen LogP contribution in [0.2, 0.25) is 0 Å². The van der Waals surface area contributed by atoms with Crippen LogP contribution >= 0.6 is 8.24 Å². The van der Waals surface area contributed by atoms with Crippen molar-refractivity contribution in [3.63, 3.8) is 0 Å². The molecule has 0 saturated carbocycles. The molecule has 0 fully saturated rings. The fourth-order valence-electron chi connectivity index (χ4n) is 10.1. The molecule has 0 aliphatic carbocycles. The quantitative estimate of drug-likeness (QED) is 0.123. The third kappa shape index (κ3) is 5.97. The number of rotatable bonds is 8. The molecule has 3 nitrogen and oxygen atoms in total. The first kappa shape index (κ1) is 38.0. The van der Waals surface area contributed by atoms with E-state index in [2.05, 4.69) is 243 Å². The Labute approximate surface area is 363 Å². The van der Waals surface area contributed by atoms with Gasteiger partial charge in [-0.25, -0.2) is 0 Å². The molecule has 0 radical (unpaired) electrons. The van der Waals surface area contributed by atoms with E-state index in [4.69, 9.17) is 8.39 Å². The zero-order chi connectivity index (χ0) is 41.5. The summed E-state index contributed by atoms with van der Waals surface area (Å²) in [6.45, 7) is 0. The largest absolute Gasteiger partial charge is 0.399 e. The molecule has 0 atom stereocenters. The molecule has 10 aromatic carbocycles. The molecular weight excluding hydrogens is 808 g/mol. The number of fused-ring (bicyclic) bond motifs is 7. The highest BCUT2D eigenvalue weighted by Crippen LogP contribution is 2.40. The van der Waals surface area contributed by atoms with E-state index in [1.807, 2.05) is 0 Å². The van der Waals surface area contributed by atoms with E-state index in [9.17, 15) is 4.89 Å². The van der Waals surface area contributed by atoms with E-state index >= 15 is 0 Å². The van der Waals surface area contributed by atoms with Gasteiger partial charge in [-0.3, -0.25) is 4.89 Å². The summed E-state index contributed by atoms with van der Waals surface area (Å²) in [4.78, 5) is 12.6. The summed E-state index contributed by atoms with van der Waals surface area (Å²) in [5, 5.41) is 15.5. The van der Waals surface area contributed by atoms with Crippen molar-refractivity contribution in [2.75, 3.05) is 0 Å². The normalized spacial score (nSPS) is 12.0. The van der Waals surface area contributed by atoms with Gasteiger partial charge in [0.05, 0.1) is 0 Å². The van der Waals surface area contributed by atoms with Crippen LogP contribution in [0.4, 0.5) is 0 Å². The molecule has 1 aromatic heterocycles. The van der Waals surface area contributed by atoms with E-state index in [0.717, 1.165) is 42.7 Å². The Morgan fingerprint density at radius 1 is 0.306 bits per heavy atom. The maximum absolute atomic E-state index is 12.6. The fourth-order valence-corrected chi connectivity index (χ4v) is 20.8. The Bertz CT molecular complexity index is 2980. The van der Waals surface area contributed by atoms with Crippen LogP contribution in [-0.4, -0.2) is 21.0 Å². The molecule has 1 N–H and O–H groups in total. The Morgan fingerprint density at radius 2 is 0.548 bits per heavy atom. The third-order valence-corrected chi connectivity index (χ3v) is 22.9. The SMILES string of the molecule is Op1oc2c([Si](c3ccccc3)(c3ccccc3)c3ccccc3)cc3ccccc3c2c2c(o1)c([Si](c1ccccc1)(c1ccccc1)c1ccccc1)cc1ccccc12. The molecule has 1 heterocycles. The zero-order valence-corrected chi connectivity index (χ0v) is 36.7. The van der Waals surface area contributed by atoms with Crippen LogP contribution in [0, 0.1) is 0 Å². The molecule has 0 aliphatic rings. The van der Waals surface area contributed by atoms with Crippen molar-refractivity contribution in [1.29, 1.82) is 0 Å². The van der Waals surface area contributed by atoms with Gasteiger partial charge in [0.25, 0.3) is 0 Å². The standard InChI is InChI=1S/C56H41O3PSi2/c57-60-58-55-51(61(43-25-7-1-8-26-43,44-27-9-2-10-28-44)45-29-11-3-12-30-45)39-41-23-19-21-37-49(41)53(55)54-50-38-22-20-24-42(50)40-52(56(54)59-60)62(46-31-13-4-14-32-46,47-33-15-5-16-34-47)48-35-17-6-18-36-48/h1-40,57H. The average molecular weight is 849 g/mol. The molecular formula is C56H41O3PSi2. The molecule has 11 aromatic rings. The van der Waals surface area contributed by atoms with Crippen LogP contribution in [0.15, 0.2) is 251 Å². The van der Waals surface area contributed by atoms with Gasteiger partial charge in [-0.15, -0.1) is 0 Å². The van der Waals surface area contributed by atoms with Crippen LogP contribution in [0.25, 0.3) is 43.5 Å². The van der Waals surface area contributed by atoms with Crippen LogP contribution < -0.4 is 41.5 Å². The summed E-state index contributed by atoms with van der Waals surface area (Å²) in [7, 11) is -8.93. The molecule has 6 heteroatoms. The predicted octanol–water partition coefficient (Wildman–Crippen LogP) is 9.11. The van der Waals surface area contributed by atoms with Gasteiger partial charge in [0.15, 0.2) is 16.1 Å². The van der Waals surface area contributed by atoms with Crippen molar-refractivity contribution in [1.82, 2.24) is 0 Å². The monoisotopic (exact) mass is 848 g/mol. The lowest BCUT2D eigenvalue weighted by molar-refractivity contribution is 0.496. The number of benzene rings is 10.